The average Bonchev–Trinajstić information content (AvgIpc) is 2.36. The summed E-state index contributed by atoms with van der Waals surface area (Å²) in [5, 5.41) is 19.6. The van der Waals surface area contributed by atoms with Gasteiger partial charge in [0.1, 0.15) is 11.3 Å². The van der Waals surface area contributed by atoms with E-state index in [9.17, 15) is 19.8 Å². The van der Waals surface area contributed by atoms with Crippen LogP contribution < -0.4 is 0 Å². The van der Waals surface area contributed by atoms with Gasteiger partial charge in [0.25, 0.3) is 0 Å². The van der Waals surface area contributed by atoms with Gasteiger partial charge in [0.2, 0.25) is 5.92 Å². The predicted molar refractivity (Wildman–Crippen MR) is 97.7 cm³/mol. The van der Waals surface area contributed by atoms with E-state index in [-0.39, 0.29) is 10.8 Å². The van der Waals surface area contributed by atoms with Crippen molar-refractivity contribution in [3.63, 3.8) is 0 Å². The van der Waals surface area contributed by atoms with Gasteiger partial charge < -0.3 is 10.2 Å². The highest BCUT2D eigenvalue weighted by atomic mass is 16.4. The van der Waals surface area contributed by atoms with Crippen molar-refractivity contribution in [1.29, 1.82) is 0 Å². The Balaban J connectivity index is 5.77. The van der Waals surface area contributed by atoms with Crippen LogP contribution in [0.2, 0.25) is 0 Å². The minimum absolute atomic E-state index is 0.104. The van der Waals surface area contributed by atoms with Gasteiger partial charge in [0.15, 0.2) is 0 Å². The summed E-state index contributed by atoms with van der Waals surface area (Å²) in [6, 6.07) is 0. The van der Waals surface area contributed by atoms with E-state index in [0.29, 0.717) is 6.42 Å². The van der Waals surface area contributed by atoms with Crippen LogP contribution in [0.1, 0.15) is 81.1 Å². The molecule has 0 aromatic heterocycles. The molecule has 4 nitrogen and oxygen atoms in total. The van der Waals surface area contributed by atoms with Gasteiger partial charge in [-0.1, -0.05) is 54.4 Å². The number of rotatable bonds is 11. The zero-order valence-corrected chi connectivity index (χ0v) is 16.8. The second kappa shape index (κ2) is 8.26. The summed E-state index contributed by atoms with van der Waals surface area (Å²) in [5.41, 5.74) is -1.07. The summed E-state index contributed by atoms with van der Waals surface area (Å²) >= 11 is 0. The fourth-order valence-corrected chi connectivity index (χ4v) is 3.71. The summed E-state index contributed by atoms with van der Waals surface area (Å²) in [7, 11) is 0. The van der Waals surface area contributed by atoms with E-state index in [0.717, 1.165) is 19.3 Å². The van der Waals surface area contributed by atoms with Crippen molar-refractivity contribution in [2.24, 2.45) is 28.1 Å². The van der Waals surface area contributed by atoms with Crippen LogP contribution >= 0.6 is 0 Å². The summed E-state index contributed by atoms with van der Waals surface area (Å²) in [4.78, 5) is 23.9. The van der Waals surface area contributed by atoms with Crippen molar-refractivity contribution in [3.05, 3.63) is 6.42 Å². The third-order valence-electron chi connectivity index (χ3n) is 5.86. The molecule has 0 radical (unpaired) electrons. The summed E-state index contributed by atoms with van der Waals surface area (Å²) in [6.07, 6.45) is 5.25. The van der Waals surface area contributed by atoms with E-state index in [1.807, 2.05) is 34.6 Å². The average molecular weight is 342 g/mol. The highest BCUT2D eigenvalue weighted by Crippen LogP contribution is 2.49. The first kappa shape index (κ1) is 22.8. The molecule has 0 aromatic carbocycles. The first-order valence-electron chi connectivity index (χ1n) is 9.05. The zero-order chi connectivity index (χ0) is 19.3. The lowest BCUT2D eigenvalue weighted by molar-refractivity contribution is -0.158. The molecule has 0 aliphatic rings. The number of carboxylic acid groups (broad SMARTS) is 2. The first-order valence-corrected chi connectivity index (χ1v) is 9.05. The maximum atomic E-state index is 12.0. The van der Waals surface area contributed by atoms with Crippen LogP contribution in [0.5, 0.6) is 0 Å². The van der Waals surface area contributed by atoms with Gasteiger partial charge in [-0.3, -0.25) is 4.79 Å². The maximum Gasteiger partial charge on any atom is 0.352 e. The highest BCUT2D eigenvalue weighted by Gasteiger charge is 2.55. The van der Waals surface area contributed by atoms with Gasteiger partial charge in [-0.2, -0.15) is 0 Å². The molecule has 2 N–H and O–H groups in total. The lowest BCUT2D eigenvalue weighted by Crippen LogP contribution is -2.45. The van der Waals surface area contributed by atoms with Crippen LogP contribution in [-0.2, 0) is 9.59 Å². The smallest absolute Gasteiger partial charge is 0.352 e. The largest absolute Gasteiger partial charge is 0.481 e. The Labute approximate surface area is 148 Å². The van der Waals surface area contributed by atoms with E-state index in [1.54, 1.807) is 6.42 Å². The van der Waals surface area contributed by atoms with Gasteiger partial charge in [-0.25, -0.2) is 4.79 Å². The van der Waals surface area contributed by atoms with Crippen molar-refractivity contribution >= 4 is 11.9 Å². The van der Waals surface area contributed by atoms with Crippen LogP contribution in [0, 0.1) is 34.5 Å². The first-order chi connectivity index (χ1) is 10.7. The molecule has 0 rings (SSSR count). The van der Waals surface area contributed by atoms with Crippen molar-refractivity contribution in [2.75, 3.05) is 0 Å². The Morgan fingerprint density at radius 2 is 1.33 bits per heavy atom. The maximum absolute atomic E-state index is 12.0. The van der Waals surface area contributed by atoms with Crippen LogP contribution in [0.3, 0.4) is 0 Å². The van der Waals surface area contributed by atoms with E-state index in [1.165, 1.54) is 0 Å². The van der Waals surface area contributed by atoms with Crippen LogP contribution in [-0.4, -0.2) is 22.2 Å². The monoisotopic (exact) mass is 341 g/mol. The second-order valence-corrected chi connectivity index (χ2v) is 8.94. The summed E-state index contributed by atoms with van der Waals surface area (Å²) < 4.78 is 0. The van der Waals surface area contributed by atoms with Crippen molar-refractivity contribution < 1.29 is 19.8 Å². The van der Waals surface area contributed by atoms with Gasteiger partial charge in [0.05, 0.1) is 6.42 Å². The standard InChI is InChI=1S/C20H36O4/c1-9-11-18(3,4)15(17(23)24)14(16(21)22)13-20(7,8)19(5,6)12-10-2/h13-15H,9-12H2,1-8H3,(H-,21,22,23,24)/p+1. The van der Waals surface area contributed by atoms with E-state index in [2.05, 4.69) is 20.8 Å². The molecule has 0 amide bonds. The van der Waals surface area contributed by atoms with Crippen LogP contribution in [0.25, 0.3) is 0 Å². The molecule has 0 aliphatic heterocycles. The Morgan fingerprint density at radius 1 is 0.875 bits per heavy atom. The zero-order valence-electron chi connectivity index (χ0n) is 16.8. The van der Waals surface area contributed by atoms with Gasteiger partial charge >= 0.3 is 11.9 Å². The molecule has 2 unspecified atom stereocenters. The second-order valence-electron chi connectivity index (χ2n) is 8.94. The number of carbonyl (C=O) groups is 2. The molecule has 2 atom stereocenters. The Kier molecular flexibility index (Phi) is 7.85. The Bertz CT molecular complexity index is 435. The molecule has 0 fully saturated rings. The SMILES string of the molecule is CCCC(C)(C)C(C(=O)O)C([CH+]C(C)(C)C(C)(C)CCC)C(=O)O. The predicted octanol–water partition coefficient (Wildman–Crippen LogP) is 5.27. The minimum Gasteiger partial charge on any atom is -0.481 e. The van der Waals surface area contributed by atoms with Crippen LogP contribution in [0.4, 0.5) is 0 Å². The third kappa shape index (κ3) is 5.42. The highest BCUT2D eigenvalue weighted by molar-refractivity contribution is 5.81. The molecule has 0 saturated carbocycles. The normalized spacial score (nSPS) is 15.7. The van der Waals surface area contributed by atoms with Crippen molar-refractivity contribution in [2.45, 2.75) is 81.1 Å². The van der Waals surface area contributed by atoms with Crippen LogP contribution in [0.15, 0.2) is 0 Å². The van der Waals surface area contributed by atoms with E-state index >= 15 is 0 Å². The lowest BCUT2D eigenvalue weighted by atomic mass is 9.58. The van der Waals surface area contributed by atoms with E-state index in [4.69, 9.17) is 0 Å². The molecule has 140 valence electrons. The molecular weight excluding hydrogens is 304 g/mol. The summed E-state index contributed by atoms with van der Waals surface area (Å²) in [5.74, 6) is -4.02. The molecule has 0 aromatic rings. The number of aliphatic carboxylic acids is 2. The fraction of sp³-hybridized carbons (Fsp3) is 0.850. The van der Waals surface area contributed by atoms with Gasteiger partial charge in [-0.15, -0.1) is 0 Å². The molecule has 0 spiro atoms. The third-order valence-corrected chi connectivity index (χ3v) is 5.86. The molecule has 4 heteroatoms. The van der Waals surface area contributed by atoms with Crippen molar-refractivity contribution in [1.82, 2.24) is 0 Å². The van der Waals surface area contributed by atoms with Gasteiger partial charge in [0, 0.05) is 5.41 Å². The Morgan fingerprint density at radius 3 is 1.67 bits per heavy atom. The quantitative estimate of drug-likeness (QED) is 0.502. The topological polar surface area (TPSA) is 74.6 Å². The fourth-order valence-electron chi connectivity index (χ4n) is 3.71. The molecular formula is C20H37O4+. The molecule has 0 aliphatic carbocycles. The minimum atomic E-state index is -1.05. The Hall–Kier alpha value is -1.19. The molecule has 24 heavy (non-hydrogen) atoms. The molecule has 0 heterocycles. The van der Waals surface area contributed by atoms with E-state index < -0.39 is 29.2 Å². The molecule has 0 bridgehead atoms. The van der Waals surface area contributed by atoms with Gasteiger partial charge in [-0.05, 0) is 32.1 Å². The number of carboxylic acids is 2. The van der Waals surface area contributed by atoms with Crippen molar-refractivity contribution in [3.8, 4) is 0 Å². The lowest BCUT2D eigenvalue weighted by Gasteiger charge is -2.39. The number of hydrogen-bond acceptors (Lipinski definition) is 2. The number of hydrogen-bond donors (Lipinski definition) is 2. The summed E-state index contributed by atoms with van der Waals surface area (Å²) in [6.45, 7) is 16.1. The molecule has 0 saturated heterocycles.